The zero-order valence-electron chi connectivity index (χ0n) is 12.1. The van der Waals surface area contributed by atoms with E-state index in [-0.39, 0.29) is 24.1 Å². The lowest BCUT2D eigenvalue weighted by Gasteiger charge is -2.28. The van der Waals surface area contributed by atoms with Crippen LogP contribution in [-0.4, -0.2) is 24.6 Å². The number of hydrogen-bond donors (Lipinski definition) is 1. The van der Waals surface area contributed by atoms with Crippen molar-refractivity contribution in [3.63, 3.8) is 0 Å². The van der Waals surface area contributed by atoms with E-state index in [1.54, 1.807) is 6.07 Å². The second-order valence-electron chi connectivity index (χ2n) is 5.99. The van der Waals surface area contributed by atoms with Gasteiger partial charge in [-0.1, -0.05) is 18.2 Å². The van der Waals surface area contributed by atoms with Crippen LogP contribution in [0.15, 0.2) is 29.3 Å². The largest absolute Gasteiger partial charge is 0.475 e. The van der Waals surface area contributed by atoms with Crippen LogP contribution >= 0.6 is 0 Å². The topological polar surface area (TPSA) is 47.6 Å². The third kappa shape index (κ3) is 3.11. The number of benzene rings is 1. The molecule has 0 spiro atoms. The van der Waals surface area contributed by atoms with Gasteiger partial charge in [-0.05, 0) is 43.4 Å². The SMILES string of the molecule is NCC1CCC2N=C(Cc3ccccc3C(F)(F)F)OC2C1. The van der Waals surface area contributed by atoms with Crippen molar-refractivity contribution in [1.29, 1.82) is 0 Å². The molecule has 6 heteroatoms. The second-order valence-corrected chi connectivity index (χ2v) is 5.99. The zero-order chi connectivity index (χ0) is 15.7. The lowest BCUT2D eigenvalue weighted by atomic mass is 9.84. The third-order valence-corrected chi connectivity index (χ3v) is 4.46. The molecule has 3 rings (SSSR count). The first-order valence-corrected chi connectivity index (χ1v) is 7.56. The molecule has 2 aliphatic rings. The van der Waals surface area contributed by atoms with Crippen molar-refractivity contribution < 1.29 is 17.9 Å². The number of aliphatic imine (C=N–C) groups is 1. The first-order chi connectivity index (χ1) is 10.5. The van der Waals surface area contributed by atoms with Gasteiger partial charge in [0.1, 0.15) is 6.10 Å². The predicted molar refractivity (Wildman–Crippen MR) is 77.6 cm³/mol. The van der Waals surface area contributed by atoms with Gasteiger partial charge in [0, 0.05) is 6.42 Å². The van der Waals surface area contributed by atoms with Crippen LogP contribution in [0.25, 0.3) is 0 Å². The van der Waals surface area contributed by atoms with Crippen LogP contribution in [-0.2, 0) is 17.3 Å². The Morgan fingerprint density at radius 1 is 1.23 bits per heavy atom. The van der Waals surface area contributed by atoms with Gasteiger partial charge < -0.3 is 10.5 Å². The molecule has 1 aliphatic heterocycles. The summed E-state index contributed by atoms with van der Waals surface area (Å²) in [7, 11) is 0. The summed E-state index contributed by atoms with van der Waals surface area (Å²) in [6.45, 7) is 0.624. The van der Waals surface area contributed by atoms with Crippen molar-refractivity contribution in [2.45, 2.75) is 44.0 Å². The molecule has 3 nitrogen and oxygen atoms in total. The van der Waals surface area contributed by atoms with Gasteiger partial charge in [0.15, 0.2) is 5.90 Å². The molecule has 0 saturated heterocycles. The molecule has 0 bridgehead atoms. The lowest BCUT2D eigenvalue weighted by molar-refractivity contribution is -0.138. The maximum atomic E-state index is 13.0. The van der Waals surface area contributed by atoms with Crippen molar-refractivity contribution in [3.05, 3.63) is 35.4 Å². The van der Waals surface area contributed by atoms with Crippen molar-refractivity contribution in [2.75, 3.05) is 6.54 Å². The van der Waals surface area contributed by atoms with Crippen molar-refractivity contribution in [1.82, 2.24) is 0 Å². The first-order valence-electron chi connectivity index (χ1n) is 7.56. The average molecular weight is 312 g/mol. The highest BCUT2D eigenvalue weighted by Gasteiger charge is 2.38. The van der Waals surface area contributed by atoms with Crippen LogP contribution in [0.5, 0.6) is 0 Å². The summed E-state index contributed by atoms with van der Waals surface area (Å²) in [6, 6.07) is 5.67. The molecule has 3 atom stereocenters. The Morgan fingerprint density at radius 3 is 2.73 bits per heavy atom. The molecule has 0 amide bonds. The van der Waals surface area contributed by atoms with E-state index in [9.17, 15) is 13.2 Å². The molecule has 1 saturated carbocycles. The average Bonchev–Trinajstić information content (AvgIpc) is 2.87. The zero-order valence-corrected chi connectivity index (χ0v) is 12.1. The number of rotatable bonds is 3. The molecule has 1 aromatic rings. The van der Waals surface area contributed by atoms with Crippen LogP contribution in [0.4, 0.5) is 13.2 Å². The van der Waals surface area contributed by atoms with Gasteiger partial charge in [0.25, 0.3) is 0 Å². The fraction of sp³-hybridized carbons (Fsp3) is 0.562. The highest BCUT2D eigenvalue weighted by atomic mass is 19.4. The molecule has 1 aliphatic carbocycles. The van der Waals surface area contributed by atoms with Crippen molar-refractivity contribution in [2.24, 2.45) is 16.6 Å². The Morgan fingerprint density at radius 2 is 2.00 bits per heavy atom. The summed E-state index contributed by atoms with van der Waals surface area (Å²) in [5, 5.41) is 0. The van der Waals surface area contributed by atoms with Crippen LogP contribution in [0, 0.1) is 5.92 Å². The molecule has 22 heavy (non-hydrogen) atoms. The number of nitrogens with zero attached hydrogens (tertiary/aromatic N) is 1. The first kappa shape index (κ1) is 15.3. The van der Waals surface area contributed by atoms with E-state index in [4.69, 9.17) is 10.5 Å². The highest BCUT2D eigenvalue weighted by molar-refractivity contribution is 5.81. The molecular formula is C16H19F3N2O. The number of fused-ring (bicyclic) bond motifs is 1. The van der Waals surface area contributed by atoms with E-state index in [2.05, 4.69) is 4.99 Å². The van der Waals surface area contributed by atoms with Crippen LogP contribution in [0.1, 0.15) is 30.4 Å². The van der Waals surface area contributed by atoms with E-state index >= 15 is 0 Å². The monoisotopic (exact) mass is 312 g/mol. The van der Waals surface area contributed by atoms with Crippen LogP contribution in [0.2, 0.25) is 0 Å². The summed E-state index contributed by atoms with van der Waals surface area (Å²) in [5.41, 5.74) is 5.29. The Hall–Kier alpha value is -1.56. The second kappa shape index (κ2) is 5.91. The molecule has 0 aromatic heterocycles. The Balaban J connectivity index is 1.73. The quantitative estimate of drug-likeness (QED) is 0.932. The third-order valence-electron chi connectivity index (χ3n) is 4.46. The van der Waals surface area contributed by atoms with Crippen LogP contribution in [0.3, 0.4) is 0 Å². The van der Waals surface area contributed by atoms with Gasteiger partial charge in [-0.3, -0.25) is 0 Å². The van der Waals surface area contributed by atoms with Crippen molar-refractivity contribution >= 4 is 5.90 Å². The number of nitrogens with two attached hydrogens (primary N) is 1. The Bertz CT molecular complexity index is 571. The number of hydrogen-bond acceptors (Lipinski definition) is 3. The van der Waals surface area contributed by atoms with Crippen LogP contribution < -0.4 is 5.73 Å². The molecule has 2 N–H and O–H groups in total. The molecule has 120 valence electrons. The normalized spacial score (nSPS) is 28.0. The summed E-state index contributed by atoms with van der Waals surface area (Å²) < 4.78 is 44.9. The van der Waals surface area contributed by atoms with Gasteiger partial charge >= 0.3 is 6.18 Å². The summed E-state index contributed by atoms with van der Waals surface area (Å²) in [5.74, 6) is 0.850. The number of halogens is 3. The molecule has 3 unspecified atom stereocenters. The molecule has 1 aromatic carbocycles. The van der Waals surface area contributed by atoms with E-state index in [0.29, 0.717) is 18.4 Å². The smallest absolute Gasteiger partial charge is 0.416 e. The maximum absolute atomic E-state index is 13.0. The lowest BCUT2D eigenvalue weighted by Crippen LogP contribution is -2.34. The summed E-state index contributed by atoms with van der Waals surface area (Å²) in [6.07, 6.45) is -1.53. The van der Waals surface area contributed by atoms with E-state index in [1.807, 2.05) is 0 Å². The Labute approximate surface area is 127 Å². The summed E-state index contributed by atoms with van der Waals surface area (Å²) >= 11 is 0. The number of ether oxygens (including phenoxy) is 1. The fourth-order valence-electron chi connectivity index (χ4n) is 3.28. The predicted octanol–water partition coefficient (Wildman–Crippen LogP) is 3.17. The van der Waals surface area contributed by atoms with Gasteiger partial charge in [-0.2, -0.15) is 13.2 Å². The van der Waals surface area contributed by atoms with Gasteiger partial charge in [0.05, 0.1) is 11.6 Å². The summed E-state index contributed by atoms with van der Waals surface area (Å²) in [4.78, 5) is 4.48. The highest BCUT2D eigenvalue weighted by Crippen LogP contribution is 2.35. The van der Waals surface area contributed by atoms with E-state index < -0.39 is 11.7 Å². The molecule has 0 radical (unpaired) electrons. The minimum absolute atomic E-state index is 0.0182. The van der Waals surface area contributed by atoms with E-state index in [1.165, 1.54) is 12.1 Å². The van der Waals surface area contributed by atoms with E-state index in [0.717, 1.165) is 25.3 Å². The Kier molecular flexibility index (Phi) is 4.12. The molecule has 1 fully saturated rings. The number of alkyl halides is 3. The minimum Gasteiger partial charge on any atom is -0.475 e. The van der Waals surface area contributed by atoms with Gasteiger partial charge in [0.2, 0.25) is 0 Å². The molecule has 1 heterocycles. The maximum Gasteiger partial charge on any atom is 0.416 e. The van der Waals surface area contributed by atoms with Gasteiger partial charge in [-0.25, -0.2) is 4.99 Å². The molecular weight excluding hydrogens is 293 g/mol. The van der Waals surface area contributed by atoms with Crippen molar-refractivity contribution in [3.8, 4) is 0 Å². The fourth-order valence-corrected chi connectivity index (χ4v) is 3.28. The van der Waals surface area contributed by atoms with Gasteiger partial charge in [-0.15, -0.1) is 0 Å². The standard InChI is InChI=1S/C16H19F3N2O/c17-16(18,19)12-4-2-1-3-11(12)8-15-21-13-6-5-10(9-20)7-14(13)22-15/h1-4,10,13-14H,5-9,20H2. The minimum atomic E-state index is -4.35.